The first kappa shape index (κ1) is 12.4. The molecule has 0 aromatic heterocycles. The first-order chi connectivity index (χ1) is 7.38. The molecule has 2 N–H and O–H groups in total. The maximum Gasteiger partial charge on any atom is 0.0649 e. The van der Waals surface area contributed by atoms with E-state index >= 15 is 0 Å². The van der Waals surface area contributed by atoms with Crippen LogP contribution in [0, 0.1) is 22.7 Å². The maximum absolute atomic E-state index is 10.5. The summed E-state index contributed by atoms with van der Waals surface area (Å²) in [5.41, 5.74) is 0.0662. The van der Waals surface area contributed by atoms with Gasteiger partial charge in [-0.1, -0.05) is 27.7 Å². The van der Waals surface area contributed by atoms with E-state index in [0.29, 0.717) is 5.92 Å². The Kier molecular flexibility index (Phi) is 2.87. The van der Waals surface area contributed by atoms with Gasteiger partial charge in [0, 0.05) is 5.92 Å². The van der Waals surface area contributed by atoms with Crippen LogP contribution in [0.3, 0.4) is 0 Å². The van der Waals surface area contributed by atoms with Gasteiger partial charge in [-0.2, -0.15) is 0 Å². The molecule has 0 heterocycles. The highest BCUT2D eigenvalue weighted by Crippen LogP contribution is 2.60. The summed E-state index contributed by atoms with van der Waals surface area (Å²) >= 11 is 0. The van der Waals surface area contributed by atoms with Crippen molar-refractivity contribution in [2.75, 3.05) is 0 Å². The predicted molar refractivity (Wildman–Crippen MR) is 65.0 cm³/mol. The van der Waals surface area contributed by atoms with E-state index in [4.69, 9.17) is 0 Å². The van der Waals surface area contributed by atoms with Gasteiger partial charge < -0.3 is 10.2 Å². The summed E-state index contributed by atoms with van der Waals surface area (Å²) in [7, 11) is 0. The molecule has 0 aromatic carbocycles. The van der Waals surface area contributed by atoms with Crippen LogP contribution in [-0.2, 0) is 0 Å². The molecule has 2 aliphatic rings. The predicted octanol–water partition coefficient (Wildman–Crippen LogP) is 2.58. The third-order valence-electron chi connectivity index (χ3n) is 5.77. The van der Waals surface area contributed by atoms with Crippen LogP contribution in [0.1, 0.15) is 53.4 Å². The van der Waals surface area contributed by atoms with Gasteiger partial charge in [0.2, 0.25) is 0 Å². The molecule has 94 valence electrons. The van der Waals surface area contributed by atoms with Gasteiger partial charge in [-0.15, -0.1) is 0 Å². The molecule has 16 heavy (non-hydrogen) atoms. The van der Waals surface area contributed by atoms with Gasteiger partial charge in [0.05, 0.1) is 12.2 Å². The van der Waals surface area contributed by atoms with E-state index in [-0.39, 0.29) is 29.0 Å². The lowest BCUT2D eigenvalue weighted by Gasteiger charge is -2.35. The van der Waals surface area contributed by atoms with Gasteiger partial charge in [-0.05, 0) is 42.4 Å². The van der Waals surface area contributed by atoms with Crippen LogP contribution >= 0.6 is 0 Å². The molecule has 0 aromatic rings. The van der Waals surface area contributed by atoms with E-state index < -0.39 is 0 Å². The Morgan fingerprint density at radius 3 is 1.56 bits per heavy atom. The molecule has 2 saturated carbocycles. The Hall–Kier alpha value is -0.0800. The summed E-state index contributed by atoms with van der Waals surface area (Å²) in [6.07, 6.45) is 3.56. The molecule has 0 saturated heterocycles. The van der Waals surface area contributed by atoms with Crippen LogP contribution < -0.4 is 0 Å². The number of hydrogen-bond donors (Lipinski definition) is 2. The Balaban J connectivity index is 2.23. The van der Waals surface area contributed by atoms with Crippen LogP contribution in [0.15, 0.2) is 0 Å². The third-order valence-corrected chi connectivity index (χ3v) is 5.77. The van der Waals surface area contributed by atoms with Crippen LogP contribution in [0.25, 0.3) is 0 Å². The molecule has 2 heteroatoms. The fourth-order valence-corrected chi connectivity index (χ4v) is 4.11. The highest BCUT2D eigenvalue weighted by Gasteiger charge is 2.60. The maximum atomic E-state index is 10.5. The van der Waals surface area contributed by atoms with Crippen molar-refractivity contribution in [3.05, 3.63) is 0 Å². The summed E-state index contributed by atoms with van der Waals surface area (Å²) in [4.78, 5) is 0. The Morgan fingerprint density at radius 2 is 1.31 bits per heavy atom. The quantitative estimate of drug-likeness (QED) is 0.760. The normalized spacial score (nSPS) is 56.6. The lowest BCUT2D eigenvalue weighted by atomic mass is 9.75. The molecule has 0 amide bonds. The Morgan fingerprint density at radius 1 is 0.938 bits per heavy atom. The van der Waals surface area contributed by atoms with Crippen LogP contribution in [0.2, 0.25) is 0 Å². The van der Waals surface area contributed by atoms with Crippen molar-refractivity contribution >= 4 is 0 Å². The van der Waals surface area contributed by atoms with E-state index in [1.807, 2.05) is 0 Å². The minimum atomic E-state index is -0.314. The fourth-order valence-electron chi connectivity index (χ4n) is 4.11. The minimum absolute atomic E-state index is 0.0331. The summed E-state index contributed by atoms with van der Waals surface area (Å²) < 4.78 is 0. The number of fused-ring (bicyclic) bond motifs is 1. The molecule has 0 spiro atoms. The summed E-state index contributed by atoms with van der Waals surface area (Å²) in [5, 5.41) is 20.9. The summed E-state index contributed by atoms with van der Waals surface area (Å²) in [6, 6.07) is 0. The van der Waals surface area contributed by atoms with Crippen molar-refractivity contribution in [1.29, 1.82) is 0 Å². The summed E-state index contributed by atoms with van der Waals surface area (Å²) in [6.45, 7) is 8.64. The van der Waals surface area contributed by atoms with Gasteiger partial charge in [-0.3, -0.25) is 0 Å². The second-order valence-electron chi connectivity index (χ2n) is 6.65. The van der Waals surface area contributed by atoms with E-state index in [2.05, 4.69) is 27.7 Å². The molecular formula is C14H26O2. The Bertz CT molecular complexity index is 252. The third kappa shape index (κ3) is 1.46. The molecular weight excluding hydrogens is 200 g/mol. The van der Waals surface area contributed by atoms with Gasteiger partial charge in [-0.25, -0.2) is 0 Å². The van der Waals surface area contributed by atoms with E-state index in [9.17, 15) is 10.2 Å². The second-order valence-corrected chi connectivity index (χ2v) is 6.65. The second kappa shape index (κ2) is 3.71. The Labute approximate surface area is 99.1 Å². The standard InChI is InChI=1S/C14H26O2/c1-5-13(3)7-9-8-14(4,6-2)12(16)10(9)11(13)15/h9-12,15-16H,5-8H2,1-4H3/t9?,10?,11?,12?,13-,14+. The monoisotopic (exact) mass is 226 g/mol. The number of hydrogen-bond acceptors (Lipinski definition) is 2. The molecule has 2 nitrogen and oxygen atoms in total. The molecule has 0 bridgehead atoms. The summed E-state index contributed by atoms with van der Waals surface area (Å²) in [5.74, 6) is 0.648. The first-order valence-electron chi connectivity index (χ1n) is 6.74. The topological polar surface area (TPSA) is 40.5 Å². The van der Waals surface area contributed by atoms with Crippen molar-refractivity contribution in [2.45, 2.75) is 65.6 Å². The van der Waals surface area contributed by atoms with Gasteiger partial charge >= 0.3 is 0 Å². The smallest absolute Gasteiger partial charge is 0.0649 e. The zero-order valence-corrected chi connectivity index (χ0v) is 11.0. The van der Waals surface area contributed by atoms with Crippen LogP contribution in [0.4, 0.5) is 0 Å². The van der Waals surface area contributed by atoms with Gasteiger partial charge in [0.1, 0.15) is 0 Å². The van der Waals surface area contributed by atoms with Crippen LogP contribution in [-0.4, -0.2) is 22.4 Å². The zero-order chi connectivity index (χ0) is 12.1. The van der Waals surface area contributed by atoms with Gasteiger partial charge in [0.15, 0.2) is 0 Å². The molecule has 0 aliphatic heterocycles. The van der Waals surface area contributed by atoms with Crippen molar-refractivity contribution in [1.82, 2.24) is 0 Å². The lowest BCUT2D eigenvalue weighted by molar-refractivity contribution is -0.0465. The molecule has 2 rings (SSSR count). The zero-order valence-electron chi connectivity index (χ0n) is 11.0. The van der Waals surface area contributed by atoms with E-state index in [1.54, 1.807) is 0 Å². The highest BCUT2D eigenvalue weighted by molar-refractivity contribution is 5.09. The fraction of sp³-hybridized carbons (Fsp3) is 1.00. The van der Waals surface area contributed by atoms with Crippen molar-refractivity contribution in [3.8, 4) is 0 Å². The minimum Gasteiger partial charge on any atom is -0.392 e. The number of rotatable bonds is 2. The van der Waals surface area contributed by atoms with Gasteiger partial charge in [0.25, 0.3) is 0 Å². The number of aliphatic hydroxyl groups is 2. The SMILES string of the molecule is CC[C@@]1(C)CC2C[C@@](C)(CC)C(O)C2C1O. The average molecular weight is 226 g/mol. The molecule has 6 atom stereocenters. The largest absolute Gasteiger partial charge is 0.392 e. The highest BCUT2D eigenvalue weighted by atomic mass is 16.3. The van der Waals surface area contributed by atoms with Crippen molar-refractivity contribution < 1.29 is 10.2 Å². The molecule has 2 aliphatic carbocycles. The van der Waals surface area contributed by atoms with Crippen molar-refractivity contribution in [3.63, 3.8) is 0 Å². The van der Waals surface area contributed by atoms with Crippen molar-refractivity contribution in [2.24, 2.45) is 22.7 Å². The lowest BCUT2D eigenvalue weighted by Crippen LogP contribution is -2.40. The first-order valence-corrected chi connectivity index (χ1v) is 6.74. The molecule has 2 fully saturated rings. The molecule has 4 unspecified atom stereocenters. The average Bonchev–Trinajstić information content (AvgIpc) is 2.64. The van der Waals surface area contributed by atoms with Crippen LogP contribution in [0.5, 0.6) is 0 Å². The van der Waals surface area contributed by atoms with E-state index in [0.717, 1.165) is 25.7 Å². The van der Waals surface area contributed by atoms with E-state index in [1.165, 1.54) is 0 Å². The molecule has 0 radical (unpaired) electrons. The number of aliphatic hydroxyl groups excluding tert-OH is 2.